The molecule has 0 radical (unpaired) electrons. The molecule has 0 atom stereocenters. The van der Waals surface area contributed by atoms with Gasteiger partial charge in [0.2, 0.25) is 5.91 Å². The minimum Gasteiger partial charge on any atom is -0.381 e. The maximum Gasteiger partial charge on any atom is 0.227 e. The third kappa shape index (κ3) is 5.43. The predicted molar refractivity (Wildman–Crippen MR) is 69.9 cm³/mol. The van der Waals surface area contributed by atoms with E-state index < -0.39 is 0 Å². The SMILES string of the molecule is CCOCCC(=O)Nc1cc(C#CCN)ccn1. The van der Waals surface area contributed by atoms with Gasteiger partial charge in [-0.05, 0) is 19.1 Å². The Morgan fingerprint density at radius 3 is 3.17 bits per heavy atom. The Hall–Kier alpha value is -1.90. The Balaban J connectivity index is 2.53. The Labute approximate surface area is 107 Å². The summed E-state index contributed by atoms with van der Waals surface area (Å²) < 4.78 is 5.10. The summed E-state index contributed by atoms with van der Waals surface area (Å²) in [6.45, 7) is 3.21. The van der Waals surface area contributed by atoms with Crippen LogP contribution in [-0.4, -0.2) is 30.6 Å². The molecule has 0 bridgehead atoms. The number of nitrogens with one attached hydrogen (secondary N) is 1. The number of hydrogen-bond donors (Lipinski definition) is 2. The largest absolute Gasteiger partial charge is 0.381 e. The van der Waals surface area contributed by atoms with Gasteiger partial charge in [0.05, 0.1) is 19.6 Å². The van der Waals surface area contributed by atoms with E-state index in [-0.39, 0.29) is 5.91 Å². The second-order valence-electron chi connectivity index (χ2n) is 3.43. The summed E-state index contributed by atoms with van der Waals surface area (Å²) in [6.07, 6.45) is 1.91. The first kappa shape index (κ1) is 14.2. The van der Waals surface area contributed by atoms with Crippen LogP contribution in [-0.2, 0) is 9.53 Å². The van der Waals surface area contributed by atoms with Crippen molar-refractivity contribution >= 4 is 11.7 Å². The predicted octanol–water partition coefficient (Wildman–Crippen LogP) is 0.757. The summed E-state index contributed by atoms with van der Waals surface area (Å²) in [6, 6.07) is 3.47. The maximum atomic E-state index is 11.5. The average Bonchev–Trinajstić information content (AvgIpc) is 2.37. The molecule has 0 saturated carbocycles. The Morgan fingerprint density at radius 1 is 1.61 bits per heavy atom. The second kappa shape index (κ2) is 8.23. The van der Waals surface area contributed by atoms with Crippen LogP contribution in [0.25, 0.3) is 0 Å². The van der Waals surface area contributed by atoms with Crippen LogP contribution in [0.2, 0.25) is 0 Å². The zero-order chi connectivity index (χ0) is 13.2. The van der Waals surface area contributed by atoms with Crippen LogP contribution in [0.1, 0.15) is 18.9 Å². The van der Waals surface area contributed by atoms with Crippen LogP contribution in [0.4, 0.5) is 5.82 Å². The molecular formula is C13H17N3O2. The highest BCUT2D eigenvalue weighted by Crippen LogP contribution is 2.06. The van der Waals surface area contributed by atoms with Gasteiger partial charge < -0.3 is 15.8 Å². The summed E-state index contributed by atoms with van der Waals surface area (Å²) in [5.74, 6) is 5.98. The lowest BCUT2D eigenvalue weighted by Gasteiger charge is -2.04. The van der Waals surface area contributed by atoms with Crippen molar-refractivity contribution in [1.82, 2.24) is 4.98 Å². The Morgan fingerprint density at radius 2 is 2.44 bits per heavy atom. The molecule has 1 heterocycles. The molecule has 1 aromatic rings. The van der Waals surface area contributed by atoms with Gasteiger partial charge in [-0.1, -0.05) is 11.8 Å². The second-order valence-corrected chi connectivity index (χ2v) is 3.43. The summed E-state index contributed by atoms with van der Waals surface area (Å²) in [4.78, 5) is 15.6. The molecule has 5 heteroatoms. The molecule has 0 aliphatic carbocycles. The van der Waals surface area contributed by atoms with Crippen molar-refractivity contribution in [3.8, 4) is 11.8 Å². The molecule has 0 aromatic carbocycles. The number of nitrogens with two attached hydrogens (primary N) is 1. The fraction of sp³-hybridized carbons (Fsp3) is 0.385. The van der Waals surface area contributed by atoms with E-state index in [1.807, 2.05) is 6.92 Å². The zero-order valence-electron chi connectivity index (χ0n) is 10.4. The highest BCUT2D eigenvalue weighted by atomic mass is 16.5. The lowest BCUT2D eigenvalue weighted by molar-refractivity contribution is -0.117. The first-order valence-corrected chi connectivity index (χ1v) is 5.79. The van der Waals surface area contributed by atoms with Gasteiger partial charge in [-0.25, -0.2) is 4.98 Å². The van der Waals surface area contributed by atoms with Crippen molar-refractivity contribution in [1.29, 1.82) is 0 Å². The van der Waals surface area contributed by atoms with Crippen molar-refractivity contribution in [3.05, 3.63) is 23.9 Å². The molecule has 0 aliphatic heterocycles. The molecule has 0 unspecified atom stereocenters. The molecule has 3 N–H and O–H groups in total. The molecule has 0 saturated heterocycles. The van der Waals surface area contributed by atoms with E-state index >= 15 is 0 Å². The normalized spacial score (nSPS) is 9.44. The molecular weight excluding hydrogens is 230 g/mol. The molecule has 1 rings (SSSR count). The van der Waals surface area contributed by atoms with Crippen LogP contribution >= 0.6 is 0 Å². The fourth-order valence-corrected chi connectivity index (χ4v) is 1.24. The van der Waals surface area contributed by atoms with Crippen molar-refractivity contribution < 1.29 is 9.53 Å². The van der Waals surface area contributed by atoms with Crippen molar-refractivity contribution in [2.24, 2.45) is 5.73 Å². The van der Waals surface area contributed by atoms with Crippen LogP contribution in [0.3, 0.4) is 0 Å². The van der Waals surface area contributed by atoms with Crippen LogP contribution < -0.4 is 11.1 Å². The monoisotopic (exact) mass is 247 g/mol. The van der Waals surface area contributed by atoms with Gasteiger partial charge in [-0.3, -0.25) is 4.79 Å². The van der Waals surface area contributed by atoms with Crippen molar-refractivity contribution in [2.45, 2.75) is 13.3 Å². The molecule has 5 nitrogen and oxygen atoms in total. The number of rotatable bonds is 5. The van der Waals surface area contributed by atoms with Gasteiger partial charge in [0.15, 0.2) is 0 Å². The standard InChI is InChI=1S/C13H17N3O2/c1-2-18-9-6-13(17)16-12-10-11(4-3-7-14)5-8-15-12/h5,8,10H,2,6-7,9,14H2,1H3,(H,15,16,17). The highest BCUT2D eigenvalue weighted by Gasteiger charge is 2.03. The highest BCUT2D eigenvalue weighted by molar-refractivity contribution is 5.89. The van der Waals surface area contributed by atoms with Crippen molar-refractivity contribution in [2.75, 3.05) is 25.1 Å². The summed E-state index contributed by atoms with van der Waals surface area (Å²) in [5.41, 5.74) is 6.06. The minimum absolute atomic E-state index is 0.125. The van der Waals surface area contributed by atoms with Gasteiger partial charge in [-0.2, -0.15) is 0 Å². The van der Waals surface area contributed by atoms with E-state index in [0.29, 0.717) is 32.0 Å². The number of carbonyl (C=O) groups is 1. The average molecular weight is 247 g/mol. The number of hydrogen-bond acceptors (Lipinski definition) is 4. The van der Waals surface area contributed by atoms with Gasteiger partial charge in [0.25, 0.3) is 0 Å². The van der Waals surface area contributed by atoms with E-state index in [0.717, 1.165) is 5.56 Å². The first-order chi connectivity index (χ1) is 8.76. The van der Waals surface area contributed by atoms with Gasteiger partial charge in [0, 0.05) is 18.4 Å². The van der Waals surface area contributed by atoms with Crippen LogP contribution in [0, 0.1) is 11.8 Å². The zero-order valence-corrected chi connectivity index (χ0v) is 10.4. The lowest BCUT2D eigenvalue weighted by Crippen LogP contribution is -2.15. The van der Waals surface area contributed by atoms with Gasteiger partial charge in [-0.15, -0.1) is 0 Å². The molecule has 0 spiro atoms. The smallest absolute Gasteiger partial charge is 0.227 e. The van der Waals surface area contributed by atoms with E-state index in [9.17, 15) is 4.79 Å². The minimum atomic E-state index is -0.125. The quantitative estimate of drug-likeness (QED) is 0.595. The summed E-state index contributed by atoms with van der Waals surface area (Å²) in [7, 11) is 0. The topological polar surface area (TPSA) is 77.2 Å². The fourth-order valence-electron chi connectivity index (χ4n) is 1.24. The number of anilines is 1. The molecule has 1 amide bonds. The van der Waals surface area contributed by atoms with Crippen LogP contribution in [0.15, 0.2) is 18.3 Å². The van der Waals surface area contributed by atoms with E-state index in [1.165, 1.54) is 0 Å². The Bertz CT molecular complexity index is 449. The summed E-state index contributed by atoms with van der Waals surface area (Å²) in [5, 5.41) is 2.69. The van der Waals surface area contributed by atoms with E-state index in [1.54, 1.807) is 18.3 Å². The molecule has 18 heavy (non-hydrogen) atoms. The van der Waals surface area contributed by atoms with E-state index in [2.05, 4.69) is 22.1 Å². The number of amides is 1. The molecule has 0 fully saturated rings. The lowest BCUT2D eigenvalue weighted by atomic mass is 10.2. The number of carbonyl (C=O) groups excluding carboxylic acids is 1. The van der Waals surface area contributed by atoms with Crippen LogP contribution in [0.5, 0.6) is 0 Å². The first-order valence-electron chi connectivity index (χ1n) is 5.79. The number of aromatic nitrogens is 1. The Kier molecular flexibility index (Phi) is 6.47. The molecule has 0 aliphatic rings. The van der Waals surface area contributed by atoms with Gasteiger partial charge in [0.1, 0.15) is 5.82 Å². The molecule has 1 aromatic heterocycles. The maximum absolute atomic E-state index is 11.5. The summed E-state index contributed by atoms with van der Waals surface area (Å²) >= 11 is 0. The van der Waals surface area contributed by atoms with E-state index in [4.69, 9.17) is 10.5 Å². The van der Waals surface area contributed by atoms with Crippen molar-refractivity contribution in [3.63, 3.8) is 0 Å². The number of nitrogens with zero attached hydrogens (tertiary/aromatic N) is 1. The van der Waals surface area contributed by atoms with Gasteiger partial charge >= 0.3 is 0 Å². The third-order valence-electron chi connectivity index (χ3n) is 2.04. The number of ether oxygens (including phenoxy) is 1. The molecule has 96 valence electrons. The third-order valence-corrected chi connectivity index (χ3v) is 2.04. The number of pyridine rings is 1.